The Bertz CT molecular complexity index is 349. The van der Waals surface area contributed by atoms with E-state index in [1.165, 1.54) is 6.42 Å². The fraction of sp³-hybridized carbons (Fsp3) is 0.583. The Kier molecular flexibility index (Phi) is 3.12. The first-order valence-electron chi connectivity index (χ1n) is 5.40. The Hall–Kier alpha value is -0.410. The topological polar surface area (TPSA) is 24.9 Å². The van der Waals surface area contributed by atoms with Gasteiger partial charge in [0, 0.05) is 6.54 Å². The molecule has 0 radical (unpaired) electrons. The van der Waals surface area contributed by atoms with Crippen LogP contribution in [0, 0.1) is 11.3 Å². The van der Waals surface area contributed by atoms with Crippen LogP contribution < -0.4 is 5.32 Å². The fourth-order valence-corrected chi connectivity index (χ4v) is 2.23. The lowest BCUT2D eigenvalue weighted by Crippen LogP contribution is -2.18. The number of rotatable bonds is 4. The summed E-state index contributed by atoms with van der Waals surface area (Å²) < 4.78 is 0.911. The van der Waals surface area contributed by atoms with Gasteiger partial charge in [0.25, 0.3) is 0 Å². The zero-order valence-corrected chi connectivity index (χ0v) is 10.8. The molecule has 1 aliphatic rings. The SMILES string of the molecule is CC1(C)CC1CNCc1cccc(Br)n1. The van der Waals surface area contributed by atoms with Gasteiger partial charge in [0.15, 0.2) is 0 Å². The third-order valence-electron chi connectivity index (χ3n) is 3.19. The number of nitrogens with zero attached hydrogens (tertiary/aromatic N) is 1. The number of hydrogen-bond donors (Lipinski definition) is 1. The second kappa shape index (κ2) is 4.22. The quantitative estimate of drug-likeness (QED) is 0.850. The maximum atomic E-state index is 4.38. The first-order valence-corrected chi connectivity index (χ1v) is 6.19. The summed E-state index contributed by atoms with van der Waals surface area (Å²) in [5.74, 6) is 0.852. The lowest BCUT2D eigenvalue weighted by Gasteiger charge is -2.05. The van der Waals surface area contributed by atoms with Crippen LogP contribution in [0.15, 0.2) is 22.8 Å². The van der Waals surface area contributed by atoms with E-state index in [0.29, 0.717) is 5.41 Å². The van der Waals surface area contributed by atoms with Gasteiger partial charge in [0.1, 0.15) is 4.60 Å². The first-order chi connectivity index (χ1) is 7.08. The van der Waals surface area contributed by atoms with E-state index in [1.54, 1.807) is 0 Å². The maximum Gasteiger partial charge on any atom is 0.106 e. The van der Waals surface area contributed by atoms with Crippen LogP contribution in [0.1, 0.15) is 26.0 Å². The summed E-state index contributed by atoms with van der Waals surface area (Å²) >= 11 is 3.37. The summed E-state index contributed by atoms with van der Waals surface area (Å²) in [6, 6.07) is 6.03. The van der Waals surface area contributed by atoms with Gasteiger partial charge in [-0.1, -0.05) is 19.9 Å². The molecule has 2 nitrogen and oxygen atoms in total. The summed E-state index contributed by atoms with van der Waals surface area (Å²) in [5, 5.41) is 3.46. The molecule has 1 saturated carbocycles. The van der Waals surface area contributed by atoms with Crippen molar-refractivity contribution in [2.45, 2.75) is 26.8 Å². The van der Waals surface area contributed by atoms with Gasteiger partial charge in [-0.15, -0.1) is 0 Å². The molecule has 15 heavy (non-hydrogen) atoms. The number of hydrogen-bond acceptors (Lipinski definition) is 2. The molecular weight excluding hydrogens is 252 g/mol. The largest absolute Gasteiger partial charge is 0.311 e. The van der Waals surface area contributed by atoms with Crippen molar-refractivity contribution >= 4 is 15.9 Å². The van der Waals surface area contributed by atoms with E-state index in [1.807, 2.05) is 12.1 Å². The fourth-order valence-electron chi connectivity index (χ4n) is 1.85. The highest BCUT2D eigenvalue weighted by Crippen LogP contribution is 2.50. The third-order valence-corrected chi connectivity index (χ3v) is 3.63. The van der Waals surface area contributed by atoms with Gasteiger partial charge in [-0.3, -0.25) is 0 Å². The first kappa shape index (κ1) is 11.1. The van der Waals surface area contributed by atoms with Crippen molar-refractivity contribution in [1.29, 1.82) is 0 Å². The van der Waals surface area contributed by atoms with Crippen LogP contribution >= 0.6 is 15.9 Å². The van der Waals surface area contributed by atoms with Gasteiger partial charge in [-0.05, 0) is 52.4 Å². The molecule has 1 N–H and O–H groups in total. The van der Waals surface area contributed by atoms with Crippen LogP contribution in [0.3, 0.4) is 0 Å². The summed E-state index contributed by atoms with van der Waals surface area (Å²) in [7, 11) is 0. The molecule has 0 amide bonds. The predicted octanol–water partition coefficient (Wildman–Crippen LogP) is 2.98. The molecular formula is C12H17BrN2. The average molecular weight is 269 g/mol. The average Bonchev–Trinajstić information content (AvgIpc) is 2.74. The molecule has 1 unspecified atom stereocenters. The molecule has 2 rings (SSSR count). The maximum absolute atomic E-state index is 4.38. The monoisotopic (exact) mass is 268 g/mol. The van der Waals surface area contributed by atoms with Gasteiger partial charge in [0.2, 0.25) is 0 Å². The third kappa shape index (κ3) is 3.02. The molecule has 1 atom stereocenters. The Morgan fingerprint density at radius 2 is 2.27 bits per heavy atom. The molecule has 1 fully saturated rings. The highest BCUT2D eigenvalue weighted by molar-refractivity contribution is 9.10. The normalized spacial score (nSPS) is 22.7. The van der Waals surface area contributed by atoms with Crippen molar-refractivity contribution in [1.82, 2.24) is 10.3 Å². The van der Waals surface area contributed by atoms with Crippen molar-refractivity contribution in [2.75, 3.05) is 6.54 Å². The van der Waals surface area contributed by atoms with E-state index in [4.69, 9.17) is 0 Å². The number of nitrogens with one attached hydrogen (secondary N) is 1. The molecule has 1 aromatic rings. The molecule has 0 aliphatic heterocycles. The number of halogens is 1. The Morgan fingerprint density at radius 1 is 1.53 bits per heavy atom. The highest BCUT2D eigenvalue weighted by Gasteiger charge is 2.44. The van der Waals surface area contributed by atoms with E-state index in [9.17, 15) is 0 Å². The zero-order chi connectivity index (χ0) is 10.9. The molecule has 1 aliphatic carbocycles. The molecule has 1 aromatic heterocycles. The second-order valence-electron chi connectivity index (χ2n) is 4.97. The summed E-state index contributed by atoms with van der Waals surface area (Å²) in [4.78, 5) is 4.38. The predicted molar refractivity (Wildman–Crippen MR) is 65.5 cm³/mol. The van der Waals surface area contributed by atoms with E-state index in [-0.39, 0.29) is 0 Å². The van der Waals surface area contributed by atoms with Crippen LogP contribution in [0.25, 0.3) is 0 Å². The van der Waals surface area contributed by atoms with Gasteiger partial charge >= 0.3 is 0 Å². The van der Waals surface area contributed by atoms with E-state index >= 15 is 0 Å². The van der Waals surface area contributed by atoms with Crippen molar-refractivity contribution < 1.29 is 0 Å². The van der Waals surface area contributed by atoms with Crippen LogP contribution in [0.4, 0.5) is 0 Å². The lowest BCUT2D eigenvalue weighted by atomic mass is 10.1. The minimum atomic E-state index is 0.567. The minimum Gasteiger partial charge on any atom is -0.311 e. The molecule has 3 heteroatoms. The number of aromatic nitrogens is 1. The standard InChI is InChI=1S/C12H17BrN2/c1-12(2)6-9(12)7-14-8-10-4-3-5-11(13)15-10/h3-5,9,14H,6-8H2,1-2H3. The molecule has 0 spiro atoms. The summed E-state index contributed by atoms with van der Waals surface area (Å²) in [6.07, 6.45) is 1.35. The van der Waals surface area contributed by atoms with Crippen molar-refractivity contribution in [3.63, 3.8) is 0 Å². The van der Waals surface area contributed by atoms with Crippen LogP contribution in [-0.2, 0) is 6.54 Å². The van der Waals surface area contributed by atoms with Crippen LogP contribution in [0.5, 0.6) is 0 Å². The highest BCUT2D eigenvalue weighted by atomic mass is 79.9. The van der Waals surface area contributed by atoms with Crippen molar-refractivity contribution in [3.05, 3.63) is 28.5 Å². The van der Waals surface area contributed by atoms with Crippen LogP contribution in [0.2, 0.25) is 0 Å². The Labute approximate surface area is 99.6 Å². The van der Waals surface area contributed by atoms with Crippen LogP contribution in [-0.4, -0.2) is 11.5 Å². The molecule has 0 saturated heterocycles. The smallest absolute Gasteiger partial charge is 0.106 e. The van der Waals surface area contributed by atoms with E-state index in [0.717, 1.165) is 29.3 Å². The van der Waals surface area contributed by atoms with E-state index < -0.39 is 0 Å². The zero-order valence-electron chi connectivity index (χ0n) is 9.26. The van der Waals surface area contributed by atoms with E-state index in [2.05, 4.69) is 46.1 Å². The van der Waals surface area contributed by atoms with Gasteiger partial charge in [-0.2, -0.15) is 0 Å². The minimum absolute atomic E-state index is 0.567. The summed E-state index contributed by atoms with van der Waals surface area (Å²) in [6.45, 7) is 6.64. The van der Waals surface area contributed by atoms with Gasteiger partial charge in [-0.25, -0.2) is 4.98 Å². The molecule has 82 valence electrons. The van der Waals surface area contributed by atoms with Gasteiger partial charge < -0.3 is 5.32 Å². The second-order valence-corrected chi connectivity index (χ2v) is 5.78. The molecule has 0 aromatic carbocycles. The molecule has 0 bridgehead atoms. The summed E-state index contributed by atoms with van der Waals surface area (Å²) in [5.41, 5.74) is 1.67. The molecule has 1 heterocycles. The van der Waals surface area contributed by atoms with Crippen molar-refractivity contribution in [2.24, 2.45) is 11.3 Å². The lowest BCUT2D eigenvalue weighted by molar-refractivity contribution is 0.517. The van der Waals surface area contributed by atoms with Crippen molar-refractivity contribution in [3.8, 4) is 0 Å². The van der Waals surface area contributed by atoms with Gasteiger partial charge in [0.05, 0.1) is 5.69 Å². The number of pyridine rings is 1. The Morgan fingerprint density at radius 3 is 2.87 bits per heavy atom. The Balaban J connectivity index is 1.75.